The van der Waals surface area contributed by atoms with Gasteiger partial charge in [0.1, 0.15) is 5.82 Å². The van der Waals surface area contributed by atoms with Crippen LogP contribution in [0, 0.1) is 6.92 Å². The van der Waals surface area contributed by atoms with Crippen LogP contribution in [0.3, 0.4) is 0 Å². The Hall–Kier alpha value is -1.62. The molecule has 2 heterocycles. The van der Waals surface area contributed by atoms with Crippen molar-refractivity contribution in [3.8, 4) is 0 Å². The van der Waals surface area contributed by atoms with Crippen LogP contribution in [0.15, 0.2) is 24.4 Å². The molecule has 3 N–H and O–H groups in total. The third-order valence-corrected chi connectivity index (χ3v) is 3.39. The molecule has 0 radical (unpaired) electrons. The van der Waals surface area contributed by atoms with Gasteiger partial charge in [0.15, 0.2) is 0 Å². The highest BCUT2D eigenvalue weighted by Gasteiger charge is 2.08. The molecular weight excluding hydrogens is 220 g/mol. The summed E-state index contributed by atoms with van der Waals surface area (Å²) in [5, 5.41) is 3.22. The van der Waals surface area contributed by atoms with Gasteiger partial charge in [0.2, 0.25) is 5.95 Å². The first kappa shape index (κ1) is 10.9. The number of nitrogen functional groups attached to an aromatic ring is 1. The van der Waals surface area contributed by atoms with Gasteiger partial charge in [-0.3, -0.25) is 0 Å². The molecule has 5 heteroatoms. The van der Waals surface area contributed by atoms with Gasteiger partial charge in [-0.1, -0.05) is 0 Å². The van der Waals surface area contributed by atoms with Crippen LogP contribution >= 0.6 is 11.3 Å². The summed E-state index contributed by atoms with van der Waals surface area (Å²) in [5.74, 6) is 1.05. The van der Waals surface area contributed by atoms with Gasteiger partial charge in [-0.25, -0.2) is 4.98 Å². The van der Waals surface area contributed by atoms with Crippen molar-refractivity contribution in [2.24, 2.45) is 0 Å². The molecule has 4 nitrogen and oxygen atoms in total. The highest BCUT2D eigenvalue weighted by Crippen LogP contribution is 2.24. The smallest absolute Gasteiger partial charge is 0.225 e. The lowest BCUT2D eigenvalue weighted by molar-refractivity contribution is 0.881. The summed E-state index contributed by atoms with van der Waals surface area (Å²) in [6.07, 6.45) is 1.65. The number of rotatable bonds is 3. The van der Waals surface area contributed by atoms with Crippen LogP contribution in [-0.2, 0) is 0 Å². The zero-order chi connectivity index (χ0) is 11.5. The quantitative estimate of drug-likeness (QED) is 0.856. The average Bonchev–Trinajstić information content (AvgIpc) is 2.65. The van der Waals surface area contributed by atoms with E-state index in [0.717, 1.165) is 0 Å². The number of nitrogens with two attached hydrogens (primary N) is 1. The van der Waals surface area contributed by atoms with E-state index in [2.05, 4.69) is 41.3 Å². The maximum absolute atomic E-state index is 5.59. The van der Waals surface area contributed by atoms with Gasteiger partial charge >= 0.3 is 0 Å². The zero-order valence-electron chi connectivity index (χ0n) is 9.27. The zero-order valence-corrected chi connectivity index (χ0v) is 10.1. The molecule has 0 spiro atoms. The number of nitrogens with one attached hydrogen (secondary N) is 1. The van der Waals surface area contributed by atoms with Crippen LogP contribution in [0.1, 0.15) is 22.7 Å². The summed E-state index contributed by atoms with van der Waals surface area (Å²) in [7, 11) is 0. The number of anilines is 2. The molecular formula is C11H14N4S. The van der Waals surface area contributed by atoms with E-state index in [9.17, 15) is 0 Å². The van der Waals surface area contributed by atoms with E-state index in [0.29, 0.717) is 11.8 Å². The van der Waals surface area contributed by atoms with Crippen molar-refractivity contribution >= 4 is 23.1 Å². The van der Waals surface area contributed by atoms with Crippen molar-refractivity contribution in [1.29, 1.82) is 0 Å². The summed E-state index contributed by atoms with van der Waals surface area (Å²) in [6, 6.07) is 6.09. The van der Waals surface area contributed by atoms with E-state index in [1.807, 2.05) is 0 Å². The number of hydrogen-bond acceptors (Lipinski definition) is 5. The average molecular weight is 234 g/mol. The van der Waals surface area contributed by atoms with E-state index < -0.39 is 0 Å². The van der Waals surface area contributed by atoms with Crippen molar-refractivity contribution in [3.05, 3.63) is 34.2 Å². The van der Waals surface area contributed by atoms with E-state index in [-0.39, 0.29) is 6.04 Å². The highest BCUT2D eigenvalue weighted by atomic mass is 32.1. The largest absolute Gasteiger partial charge is 0.384 e. The van der Waals surface area contributed by atoms with Gasteiger partial charge in [-0.15, -0.1) is 11.3 Å². The Morgan fingerprint density at radius 2 is 2.19 bits per heavy atom. The summed E-state index contributed by atoms with van der Waals surface area (Å²) in [5.41, 5.74) is 5.59. The summed E-state index contributed by atoms with van der Waals surface area (Å²) < 4.78 is 0. The first-order valence-electron chi connectivity index (χ1n) is 5.06. The molecule has 2 aromatic rings. The van der Waals surface area contributed by atoms with Crippen LogP contribution < -0.4 is 11.1 Å². The molecule has 0 fully saturated rings. The predicted octanol–water partition coefficient (Wildman–Crippen LogP) is 2.60. The molecule has 1 atom stereocenters. The third-order valence-electron chi connectivity index (χ3n) is 2.21. The first-order valence-corrected chi connectivity index (χ1v) is 5.88. The Kier molecular flexibility index (Phi) is 3.05. The minimum atomic E-state index is 0.195. The lowest BCUT2D eigenvalue weighted by Gasteiger charge is -2.11. The van der Waals surface area contributed by atoms with Gasteiger partial charge in [0.25, 0.3) is 0 Å². The van der Waals surface area contributed by atoms with Crippen molar-refractivity contribution < 1.29 is 0 Å². The van der Waals surface area contributed by atoms with Crippen LogP contribution in [0.2, 0.25) is 0 Å². The number of hydrogen-bond donors (Lipinski definition) is 2. The van der Waals surface area contributed by atoms with Crippen molar-refractivity contribution in [1.82, 2.24) is 9.97 Å². The standard InChI is InChI=1S/C11H14N4S/c1-7-3-4-9(16-7)8(2)14-11-13-6-5-10(12)15-11/h3-6,8H,1-2H3,(H3,12,13,14,15). The van der Waals surface area contributed by atoms with Gasteiger partial charge in [-0.05, 0) is 32.0 Å². The second-order valence-corrected chi connectivity index (χ2v) is 4.94. The Balaban J connectivity index is 2.10. The Labute approximate surface area is 98.6 Å². The Morgan fingerprint density at radius 1 is 1.38 bits per heavy atom. The Morgan fingerprint density at radius 3 is 2.81 bits per heavy atom. The van der Waals surface area contributed by atoms with E-state index in [1.54, 1.807) is 23.6 Å². The summed E-state index contributed by atoms with van der Waals surface area (Å²) in [4.78, 5) is 10.8. The van der Waals surface area contributed by atoms with Gasteiger partial charge in [0, 0.05) is 16.0 Å². The monoisotopic (exact) mass is 234 g/mol. The normalized spacial score (nSPS) is 12.4. The molecule has 2 aromatic heterocycles. The topological polar surface area (TPSA) is 63.8 Å². The van der Waals surface area contributed by atoms with Gasteiger partial charge < -0.3 is 11.1 Å². The second-order valence-electron chi connectivity index (χ2n) is 3.62. The molecule has 0 saturated carbocycles. The lowest BCUT2D eigenvalue weighted by Crippen LogP contribution is -2.08. The highest BCUT2D eigenvalue weighted by molar-refractivity contribution is 7.12. The minimum absolute atomic E-state index is 0.195. The minimum Gasteiger partial charge on any atom is -0.384 e. The Bertz CT molecular complexity index is 480. The SMILES string of the molecule is Cc1ccc(C(C)Nc2nccc(N)n2)s1. The molecule has 16 heavy (non-hydrogen) atoms. The molecule has 0 aliphatic rings. The fraction of sp³-hybridized carbons (Fsp3) is 0.273. The molecule has 2 rings (SSSR count). The van der Waals surface area contributed by atoms with Crippen molar-refractivity contribution in [2.45, 2.75) is 19.9 Å². The van der Waals surface area contributed by atoms with Crippen molar-refractivity contribution in [2.75, 3.05) is 11.1 Å². The molecule has 0 aromatic carbocycles. The molecule has 84 valence electrons. The van der Waals surface area contributed by atoms with E-state index >= 15 is 0 Å². The van der Waals surface area contributed by atoms with Crippen LogP contribution in [0.4, 0.5) is 11.8 Å². The van der Waals surface area contributed by atoms with Crippen LogP contribution in [0.25, 0.3) is 0 Å². The third kappa shape index (κ3) is 2.49. The number of nitrogens with zero attached hydrogens (tertiary/aromatic N) is 2. The number of aryl methyl sites for hydroxylation is 1. The maximum atomic E-state index is 5.59. The van der Waals surface area contributed by atoms with Crippen LogP contribution in [-0.4, -0.2) is 9.97 Å². The first-order chi connectivity index (χ1) is 7.65. The molecule has 1 unspecified atom stereocenters. The number of aromatic nitrogens is 2. The maximum Gasteiger partial charge on any atom is 0.225 e. The lowest BCUT2D eigenvalue weighted by atomic mass is 10.3. The fourth-order valence-corrected chi connectivity index (χ4v) is 2.27. The predicted molar refractivity (Wildman–Crippen MR) is 67.5 cm³/mol. The molecule has 0 amide bonds. The second kappa shape index (κ2) is 4.49. The molecule has 0 saturated heterocycles. The van der Waals surface area contributed by atoms with Crippen LogP contribution in [0.5, 0.6) is 0 Å². The fourth-order valence-electron chi connectivity index (χ4n) is 1.39. The van der Waals surface area contributed by atoms with Crippen molar-refractivity contribution in [3.63, 3.8) is 0 Å². The van der Waals surface area contributed by atoms with E-state index in [1.165, 1.54) is 9.75 Å². The van der Waals surface area contributed by atoms with Gasteiger partial charge in [-0.2, -0.15) is 4.98 Å². The van der Waals surface area contributed by atoms with Gasteiger partial charge in [0.05, 0.1) is 6.04 Å². The number of thiophene rings is 1. The molecule has 0 aliphatic carbocycles. The summed E-state index contributed by atoms with van der Waals surface area (Å²) in [6.45, 7) is 4.18. The van der Waals surface area contributed by atoms with E-state index in [4.69, 9.17) is 5.73 Å². The molecule has 0 aliphatic heterocycles. The molecule has 0 bridgehead atoms. The summed E-state index contributed by atoms with van der Waals surface area (Å²) >= 11 is 1.77.